The molecule has 1 saturated heterocycles. The van der Waals surface area contributed by atoms with Crippen molar-refractivity contribution in [3.63, 3.8) is 0 Å². The summed E-state index contributed by atoms with van der Waals surface area (Å²) >= 11 is 0. The maximum atomic E-state index is 12.1. The van der Waals surface area contributed by atoms with Gasteiger partial charge in [0.2, 0.25) is 11.8 Å². The topological polar surface area (TPSA) is 64.7 Å². The fourth-order valence-electron chi connectivity index (χ4n) is 2.42. The monoisotopic (exact) mass is 284 g/mol. The average molecular weight is 284 g/mol. The minimum Gasteiger partial charge on any atom is -0.343 e. The molecule has 0 bridgehead atoms. The van der Waals surface area contributed by atoms with E-state index < -0.39 is 6.04 Å². The van der Waals surface area contributed by atoms with Crippen molar-refractivity contribution in [2.24, 2.45) is 0 Å². The van der Waals surface area contributed by atoms with Crippen LogP contribution in [0.25, 0.3) is 0 Å². The normalized spacial score (nSPS) is 18.1. The highest BCUT2D eigenvalue weighted by atomic mass is 16.2. The molecule has 0 radical (unpaired) electrons. The van der Waals surface area contributed by atoms with Crippen molar-refractivity contribution < 1.29 is 9.59 Å². The molecule has 0 spiro atoms. The molecule has 0 saturated carbocycles. The number of hydrogen-bond donors (Lipinski definition) is 2. The Morgan fingerprint density at radius 2 is 1.95 bits per heavy atom. The van der Waals surface area contributed by atoms with Gasteiger partial charge in [-0.25, -0.2) is 0 Å². The van der Waals surface area contributed by atoms with Crippen LogP contribution in [0.2, 0.25) is 0 Å². The van der Waals surface area contributed by atoms with Gasteiger partial charge >= 0.3 is 0 Å². The second-order valence-electron chi connectivity index (χ2n) is 5.18. The maximum absolute atomic E-state index is 12.1. The smallest absolute Gasteiger partial charge is 0.244 e. The molecular formula is C14H28N4O2. The van der Waals surface area contributed by atoms with Gasteiger partial charge in [0, 0.05) is 26.2 Å². The van der Waals surface area contributed by atoms with E-state index in [2.05, 4.69) is 15.5 Å². The number of carbonyl (C=O) groups excluding carboxylic acids is 2. The maximum Gasteiger partial charge on any atom is 0.244 e. The predicted octanol–water partition coefficient (Wildman–Crippen LogP) is -0.345. The summed E-state index contributed by atoms with van der Waals surface area (Å²) in [4.78, 5) is 27.9. The zero-order valence-corrected chi connectivity index (χ0v) is 12.9. The molecule has 0 aromatic carbocycles. The number of nitrogens with one attached hydrogen (secondary N) is 2. The third-order valence-corrected chi connectivity index (χ3v) is 3.62. The van der Waals surface area contributed by atoms with Gasteiger partial charge in [0.05, 0.1) is 6.54 Å². The molecule has 1 aliphatic rings. The van der Waals surface area contributed by atoms with Crippen LogP contribution in [0.3, 0.4) is 0 Å². The van der Waals surface area contributed by atoms with E-state index in [1.165, 1.54) is 0 Å². The Bertz CT molecular complexity index is 310. The largest absolute Gasteiger partial charge is 0.343 e. The zero-order valence-electron chi connectivity index (χ0n) is 12.9. The van der Waals surface area contributed by atoms with Crippen molar-refractivity contribution in [1.29, 1.82) is 0 Å². The molecule has 2 N–H and O–H groups in total. The molecule has 116 valence electrons. The second-order valence-corrected chi connectivity index (χ2v) is 5.18. The van der Waals surface area contributed by atoms with E-state index in [-0.39, 0.29) is 11.8 Å². The Kier molecular flexibility index (Phi) is 7.54. The number of amides is 2. The first-order valence-corrected chi connectivity index (χ1v) is 7.59. The highest BCUT2D eigenvalue weighted by Gasteiger charge is 2.21. The first kappa shape index (κ1) is 16.9. The summed E-state index contributed by atoms with van der Waals surface area (Å²) < 4.78 is 0. The van der Waals surface area contributed by atoms with Crippen LogP contribution in [0.1, 0.15) is 27.2 Å². The number of rotatable bonds is 6. The van der Waals surface area contributed by atoms with E-state index in [0.29, 0.717) is 19.6 Å². The van der Waals surface area contributed by atoms with Crippen LogP contribution < -0.4 is 10.6 Å². The molecule has 1 rings (SSSR count). The summed E-state index contributed by atoms with van der Waals surface area (Å²) in [6, 6.07) is -0.451. The van der Waals surface area contributed by atoms with Crippen LogP contribution in [-0.2, 0) is 9.59 Å². The number of carbonyl (C=O) groups is 2. The van der Waals surface area contributed by atoms with Crippen LogP contribution in [0, 0.1) is 0 Å². The summed E-state index contributed by atoms with van der Waals surface area (Å²) in [5.74, 6) is -0.0826. The molecule has 6 heteroatoms. The van der Waals surface area contributed by atoms with Crippen molar-refractivity contribution in [2.75, 3.05) is 45.8 Å². The summed E-state index contributed by atoms with van der Waals surface area (Å²) in [7, 11) is 0. The summed E-state index contributed by atoms with van der Waals surface area (Å²) in [5.41, 5.74) is 0. The first-order valence-electron chi connectivity index (χ1n) is 7.59. The van der Waals surface area contributed by atoms with Crippen LogP contribution >= 0.6 is 0 Å². The second kappa shape index (κ2) is 8.92. The van der Waals surface area contributed by atoms with Crippen LogP contribution in [-0.4, -0.2) is 73.5 Å². The molecule has 1 unspecified atom stereocenters. The van der Waals surface area contributed by atoms with E-state index in [1.54, 1.807) is 11.8 Å². The molecular weight excluding hydrogens is 256 g/mol. The fourth-order valence-corrected chi connectivity index (χ4v) is 2.42. The molecule has 1 heterocycles. The SMILES string of the molecule is CCN(CC)C(=O)C(C)NC(=O)CN1CCCNCC1. The molecule has 2 amide bonds. The van der Waals surface area contributed by atoms with Crippen molar-refractivity contribution >= 4 is 11.8 Å². The van der Waals surface area contributed by atoms with Crippen molar-refractivity contribution in [2.45, 2.75) is 33.2 Å². The quantitative estimate of drug-likeness (QED) is 0.700. The minimum atomic E-state index is -0.451. The Labute approximate surface area is 121 Å². The van der Waals surface area contributed by atoms with Gasteiger partial charge in [-0.1, -0.05) is 0 Å². The van der Waals surface area contributed by atoms with E-state index in [0.717, 1.165) is 32.6 Å². The van der Waals surface area contributed by atoms with Gasteiger partial charge in [0.25, 0.3) is 0 Å². The third kappa shape index (κ3) is 5.46. The fraction of sp³-hybridized carbons (Fsp3) is 0.857. The lowest BCUT2D eigenvalue weighted by atomic mass is 10.2. The lowest BCUT2D eigenvalue weighted by Gasteiger charge is -2.25. The molecule has 0 aromatic rings. The summed E-state index contributed by atoms with van der Waals surface area (Å²) in [6.45, 7) is 11.1. The summed E-state index contributed by atoms with van der Waals surface area (Å²) in [5, 5.41) is 6.11. The number of likely N-dealkylation sites (N-methyl/N-ethyl adjacent to an activating group) is 1. The van der Waals surface area contributed by atoms with Gasteiger partial charge in [-0.2, -0.15) is 0 Å². The number of hydrogen-bond acceptors (Lipinski definition) is 4. The predicted molar refractivity (Wildman–Crippen MR) is 79.5 cm³/mol. The molecule has 20 heavy (non-hydrogen) atoms. The number of nitrogens with zero attached hydrogens (tertiary/aromatic N) is 2. The molecule has 6 nitrogen and oxygen atoms in total. The van der Waals surface area contributed by atoms with Crippen molar-refractivity contribution in [3.8, 4) is 0 Å². The van der Waals surface area contributed by atoms with Gasteiger partial charge in [-0.3, -0.25) is 14.5 Å². The van der Waals surface area contributed by atoms with E-state index in [4.69, 9.17) is 0 Å². The first-order chi connectivity index (χ1) is 9.58. The Hall–Kier alpha value is -1.14. The lowest BCUT2D eigenvalue weighted by molar-refractivity contribution is -0.135. The Balaban J connectivity index is 2.38. The van der Waals surface area contributed by atoms with E-state index in [9.17, 15) is 9.59 Å². The standard InChI is InChI=1S/C14H28N4O2/c1-4-18(5-2)14(20)12(3)16-13(19)11-17-9-6-7-15-8-10-17/h12,15H,4-11H2,1-3H3,(H,16,19). The highest BCUT2D eigenvalue weighted by molar-refractivity contribution is 5.88. The van der Waals surface area contributed by atoms with Gasteiger partial charge < -0.3 is 15.5 Å². The third-order valence-electron chi connectivity index (χ3n) is 3.62. The van der Waals surface area contributed by atoms with Crippen LogP contribution in [0.4, 0.5) is 0 Å². The molecule has 1 fully saturated rings. The van der Waals surface area contributed by atoms with E-state index >= 15 is 0 Å². The minimum absolute atomic E-state index is 0.0131. The van der Waals surface area contributed by atoms with Crippen molar-refractivity contribution in [3.05, 3.63) is 0 Å². The molecule has 1 aliphatic heterocycles. The van der Waals surface area contributed by atoms with Gasteiger partial charge in [0.1, 0.15) is 6.04 Å². The van der Waals surface area contributed by atoms with Crippen LogP contribution in [0.5, 0.6) is 0 Å². The molecule has 1 atom stereocenters. The van der Waals surface area contributed by atoms with Gasteiger partial charge in [-0.15, -0.1) is 0 Å². The molecule has 0 aliphatic carbocycles. The van der Waals surface area contributed by atoms with Crippen molar-refractivity contribution in [1.82, 2.24) is 20.4 Å². The van der Waals surface area contributed by atoms with Gasteiger partial charge in [0.15, 0.2) is 0 Å². The Morgan fingerprint density at radius 3 is 2.60 bits per heavy atom. The molecule has 0 aromatic heterocycles. The zero-order chi connectivity index (χ0) is 15.0. The average Bonchev–Trinajstić information content (AvgIpc) is 2.68. The lowest BCUT2D eigenvalue weighted by Crippen LogP contribution is -2.49. The van der Waals surface area contributed by atoms with Crippen LogP contribution in [0.15, 0.2) is 0 Å². The van der Waals surface area contributed by atoms with E-state index in [1.807, 2.05) is 13.8 Å². The Morgan fingerprint density at radius 1 is 1.25 bits per heavy atom. The highest BCUT2D eigenvalue weighted by Crippen LogP contribution is 1.97. The van der Waals surface area contributed by atoms with Gasteiger partial charge in [-0.05, 0) is 40.3 Å². The summed E-state index contributed by atoms with van der Waals surface area (Å²) in [6.07, 6.45) is 1.06.